The van der Waals surface area contributed by atoms with E-state index < -0.39 is 0 Å². The van der Waals surface area contributed by atoms with Crippen LogP contribution < -0.4 is 10.1 Å². The first-order valence-corrected chi connectivity index (χ1v) is 5.84. The summed E-state index contributed by atoms with van der Waals surface area (Å²) in [6, 6.07) is 0. The van der Waals surface area contributed by atoms with E-state index in [1.165, 1.54) is 0 Å². The lowest BCUT2D eigenvalue weighted by Crippen LogP contribution is -2.14. The molecular weight excluding hydrogens is 202 g/mol. The van der Waals surface area contributed by atoms with E-state index >= 15 is 0 Å². The van der Waals surface area contributed by atoms with Crippen molar-refractivity contribution in [1.82, 2.24) is 9.97 Å². The van der Waals surface area contributed by atoms with Crippen LogP contribution in [0.1, 0.15) is 38.6 Å². The van der Waals surface area contributed by atoms with Crippen LogP contribution in [-0.2, 0) is 0 Å². The third kappa shape index (κ3) is 3.08. The number of aryl methyl sites for hydroxylation is 1. The molecule has 0 aliphatic rings. The van der Waals surface area contributed by atoms with Crippen LogP contribution in [-0.4, -0.2) is 22.6 Å². The summed E-state index contributed by atoms with van der Waals surface area (Å²) >= 11 is 0. The average Bonchev–Trinajstić information content (AvgIpc) is 2.25. The van der Waals surface area contributed by atoms with Gasteiger partial charge in [-0.05, 0) is 34.1 Å². The van der Waals surface area contributed by atoms with Crippen molar-refractivity contribution in [2.24, 2.45) is 0 Å². The molecule has 1 aromatic rings. The Morgan fingerprint density at radius 2 is 1.94 bits per heavy atom. The first kappa shape index (κ1) is 12.7. The molecule has 1 heterocycles. The minimum atomic E-state index is 0.183. The maximum Gasteiger partial charge on any atom is 0.222 e. The van der Waals surface area contributed by atoms with Gasteiger partial charge < -0.3 is 10.1 Å². The summed E-state index contributed by atoms with van der Waals surface area (Å²) in [5, 5.41) is 3.22. The molecule has 0 fully saturated rings. The van der Waals surface area contributed by atoms with Crippen LogP contribution in [0.4, 0.5) is 5.82 Å². The summed E-state index contributed by atoms with van der Waals surface area (Å²) in [7, 11) is 0. The number of nitrogens with zero attached hydrogens (tertiary/aromatic N) is 2. The molecule has 1 rings (SSSR count). The van der Waals surface area contributed by atoms with E-state index in [0.717, 1.165) is 30.2 Å². The normalized spacial score (nSPS) is 12.3. The highest BCUT2D eigenvalue weighted by Crippen LogP contribution is 2.23. The fourth-order valence-corrected chi connectivity index (χ4v) is 1.33. The molecule has 0 spiro atoms. The topological polar surface area (TPSA) is 47.0 Å². The lowest BCUT2D eigenvalue weighted by atomic mass is 10.3. The van der Waals surface area contributed by atoms with Crippen LogP contribution in [0.2, 0.25) is 0 Å². The fourth-order valence-electron chi connectivity index (χ4n) is 1.33. The zero-order valence-electron chi connectivity index (χ0n) is 10.8. The van der Waals surface area contributed by atoms with Gasteiger partial charge in [0.2, 0.25) is 5.88 Å². The van der Waals surface area contributed by atoms with Gasteiger partial charge in [0.05, 0.1) is 11.7 Å². The lowest BCUT2D eigenvalue weighted by molar-refractivity contribution is 0.206. The molecule has 0 saturated heterocycles. The maximum absolute atomic E-state index is 5.77. The molecule has 16 heavy (non-hydrogen) atoms. The van der Waals surface area contributed by atoms with Gasteiger partial charge in [-0.15, -0.1) is 0 Å². The second-order valence-corrected chi connectivity index (χ2v) is 3.92. The first-order chi connectivity index (χ1) is 7.58. The standard InChI is InChI=1S/C12H21N3O/c1-6-8(3)16-12-9(4)11(13-7-2)14-10(5)15-12/h8H,6-7H2,1-5H3,(H,13,14,15). The highest BCUT2D eigenvalue weighted by molar-refractivity contribution is 5.48. The zero-order valence-corrected chi connectivity index (χ0v) is 10.8. The van der Waals surface area contributed by atoms with Crippen molar-refractivity contribution in [3.8, 4) is 5.88 Å². The molecule has 0 aliphatic heterocycles. The highest BCUT2D eigenvalue weighted by atomic mass is 16.5. The van der Waals surface area contributed by atoms with Gasteiger partial charge in [-0.1, -0.05) is 6.92 Å². The SMILES string of the molecule is CCNc1nc(C)nc(OC(C)CC)c1C. The van der Waals surface area contributed by atoms with Crippen molar-refractivity contribution in [1.29, 1.82) is 0 Å². The number of hydrogen-bond acceptors (Lipinski definition) is 4. The van der Waals surface area contributed by atoms with Crippen LogP contribution in [0.3, 0.4) is 0 Å². The number of aromatic nitrogens is 2. The molecule has 1 atom stereocenters. The van der Waals surface area contributed by atoms with Crippen LogP contribution in [0.25, 0.3) is 0 Å². The number of hydrogen-bond donors (Lipinski definition) is 1. The Balaban J connectivity index is 2.99. The number of ether oxygens (including phenoxy) is 1. The first-order valence-electron chi connectivity index (χ1n) is 5.84. The molecule has 90 valence electrons. The van der Waals surface area contributed by atoms with Gasteiger partial charge in [-0.25, -0.2) is 4.98 Å². The van der Waals surface area contributed by atoms with Crippen LogP contribution in [0.15, 0.2) is 0 Å². The third-order valence-corrected chi connectivity index (χ3v) is 2.44. The van der Waals surface area contributed by atoms with E-state index in [9.17, 15) is 0 Å². The van der Waals surface area contributed by atoms with Crippen molar-refractivity contribution < 1.29 is 4.74 Å². The quantitative estimate of drug-likeness (QED) is 0.833. The Labute approximate surface area is 97.5 Å². The highest BCUT2D eigenvalue weighted by Gasteiger charge is 2.11. The van der Waals surface area contributed by atoms with Crippen LogP contribution in [0, 0.1) is 13.8 Å². The van der Waals surface area contributed by atoms with E-state index in [2.05, 4.69) is 22.2 Å². The van der Waals surface area contributed by atoms with E-state index in [0.29, 0.717) is 5.88 Å². The van der Waals surface area contributed by atoms with Crippen LogP contribution in [0.5, 0.6) is 5.88 Å². The second-order valence-electron chi connectivity index (χ2n) is 3.92. The van der Waals surface area contributed by atoms with E-state index in [4.69, 9.17) is 4.74 Å². The fraction of sp³-hybridized carbons (Fsp3) is 0.667. The summed E-state index contributed by atoms with van der Waals surface area (Å²) in [5.74, 6) is 2.30. The largest absolute Gasteiger partial charge is 0.474 e. The van der Waals surface area contributed by atoms with Crippen LogP contribution >= 0.6 is 0 Å². The Morgan fingerprint density at radius 1 is 1.25 bits per heavy atom. The number of rotatable bonds is 5. The Hall–Kier alpha value is -1.32. The molecule has 1 aromatic heterocycles. The smallest absolute Gasteiger partial charge is 0.222 e. The Bertz CT molecular complexity index is 352. The maximum atomic E-state index is 5.77. The molecular formula is C12H21N3O. The minimum absolute atomic E-state index is 0.183. The Morgan fingerprint density at radius 3 is 2.50 bits per heavy atom. The number of nitrogens with one attached hydrogen (secondary N) is 1. The number of anilines is 1. The molecule has 0 aromatic carbocycles. The Kier molecular flexibility index (Phi) is 4.52. The van der Waals surface area contributed by atoms with Crippen molar-refractivity contribution in [3.05, 3.63) is 11.4 Å². The molecule has 0 amide bonds. The lowest BCUT2D eigenvalue weighted by Gasteiger charge is -2.16. The van der Waals surface area contributed by atoms with Gasteiger partial charge in [0.25, 0.3) is 0 Å². The van der Waals surface area contributed by atoms with Crippen molar-refractivity contribution >= 4 is 5.82 Å². The van der Waals surface area contributed by atoms with E-state index in [1.807, 2.05) is 27.7 Å². The average molecular weight is 223 g/mol. The summed E-state index contributed by atoms with van der Waals surface area (Å²) < 4.78 is 5.77. The summed E-state index contributed by atoms with van der Waals surface area (Å²) in [6.07, 6.45) is 1.15. The minimum Gasteiger partial charge on any atom is -0.474 e. The van der Waals surface area contributed by atoms with Gasteiger partial charge in [0, 0.05) is 6.54 Å². The van der Waals surface area contributed by atoms with Gasteiger partial charge in [-0.2, -0.15) is 4.98 Å². The monoisotopic (exact) mass is 223 g/mol. The zero-order chi connectivity index (χ0) is 12.1. The molecule has 1 N–H and O–H groups in total. The van der Waals surface area contributed by atoms with E-state index in [-0.39, 0.29) is 6.10 Å². The predicted molar refractivity (Wildman–Crippen MR) is 66.1 cm³/mol. The molecule has 4 nitrogen and oxygen atoms in total. The third-order valence-electron chi connectivity index (χ3n) is 2.44. The predicted octanol–water partition coefficient (Wildman–Crippen LogP) is 2.70. The molecule has 4 heteroatoms. The van der Waals surface area contributed by atoms with Gasteiger partial charge >= 0.3 is 0 Å². The molecule has 0 bridgehead atoms. The van der Waals surface area contributed by atoms with Gasteiger partial charge in [0.15, 0.2) is 0 Å². The van der Waals surface area contributed by atoms with Gasteiger partial charge in [0.1, 0.15) is 11.6 Å². The van der Waals surface area contributed by atoms with Crippen molar-refractivity contribution in [2.45, 2.75) is 47.1 Å². The molecule has 1 unspecified atom stereocenters. The van der Waals surface area contributed by atoms with E-state index in [1.54, 1.807) is 0 Å². The summed E-state index contributed by atoms with van der Waals surface area (Å²) in [6.45, 7) is 10.9. The molecule has 0 radical (unpaired) electrons. The van der Waals surface area contributed by atoms with Crippen molar-refractivity contribution in [2.75, 3.05) is 11.9 Å². The summed E-state index contributed by atoms with van der Waals surface area (Å²) in [5.41, 5.74) is 0.979. The van der Waals surface area contributed by atoms with Crippen molar-refractivity contribution in [3.63, 3.8) is 0 Å². The van der Waals surface area contributed by atoms with Gasteiger partial charge in [-0.3, -0.25) is 0 Å². The second kappa shape index (κ2) is 5.68. The summed E-state index contributed by atoms with van der Waals surface area (Å²) in [4.78, 5) is 8.68. The molecule has 0 aliphatic carbocycles. The molecule has 0 saturated carbocycles.